The van der Waals surface area contributed by atoms with Gasteiger partial charge in [-0.15, -0.1) is 0 Å². The summed E-state index contributed by atoms with van der Waals surface area (Å²) in [6, 6.07) is 15.0. The number of benzene rings is 2. The standard InChI is InChI=1S/C21H15FN4O3S/c1-2-14-9-18(5-3-15(14)11-23)29-20-7-6-19(10-16(20)12-24)30(27,28)26-21-8-4-17(22)13-25-21/h3-10,13H,2H2,1H3,(H,25,26). The van der Waals surface area contributed by atoms with Gasteiger partial charge in [0.05, 0.1) is 28.3 Å². The molecule has 150 valence electrons. The van der Waals surface area contributed by atoms with Crippen LogP contribution in [0.4, 0.5) is 10.2 Å². The lowest BCUT2D eigenvalue weighted by Crippen LogP contribution is -2.14. The Morgan fingerprint density at radius 1 is 1.07 bits per heavy atom. The maximum Gasteiger partial charge on any atom is 0.263 e. The normalized spacial score (nSPS) is 10.7. The van der Waals surface area contributed by atoms with Gasteiger partial charge < -0.3 is 4.74 Å². The maximum absolute atomic E-state index is 12.9. The van der Waals surface area contributed by atoms with Crippen molar-refractivity contribution >= 4 is 15.8 Å². The fourth-order valence-corrected chi connectivity index (χ4v) is 3.68. The quantitative estimate of drug-likeness (QED) is 0.639. The second kappa shape index (κ2) is 8.60. The minimum atomic E-state index is -4.05. The molecule has 9 heteroatoms. The number of nitrogens with zero attached hydrogens (tertiary/aromatic N) is 3. The van der Waals surface area contributed by atoms with Crippen molar-refractivity contribution in [1.29, 1.82) is 10.5 Å². The number of pyridine rings is 1. The summed E-state index contributed by atoms with van der Waals surface area (Å²) in [6.45, 7) is 1.91. The van der Waals surface area contributed by atoms with Crippen LogP contribution in [0.25, 0.3) is 0 Å². The monoisotopic (exact) mass is 422 g/mol. The molecular weight excluding hydrogens is 407 g/mol. The van der Waals surface area contributed by atoms with Crippen LogP contribution in [0.2, 0.25) is 0 Å². The molecule has 2 aromatic carbocycles. The number of ether oxygens (including phenoxy) is 1. The largest absolute Gasteiger partial charge is 0.456 e. The van der Waals surface area contributed by atoms with Crippen LogP contribution < -0.4 is 9.46 Å². The Balaban J connectivity index is 1.89. The van der Waals surface area contributed by atoms with Gasteiger partial charge in [-0.05, 0) is 60.5 Å². The first-order valence-electron chi connectivity index (χ1n) is 8.75. The first kappa shape index (κ1) is 20.8. The Morgan fingerprint density at radius 2 is 1.83 bits per heavy atom. The third kappa shape index (κ3) is 4.54. The van der Waals surface area contributed by atoms with Gasteiger partial charge >= 0.3 is 0 Å². The number of aromatic nitrogens is 1. The van der Waals surface area contributed by atoms with Crippen LogP contribution >= 0.6 is 0 Å². The van der Waals surface area contributed by atoms with E-state index < -0.39 is 15.8 Å². The molecule has 0 atom stereocenters. The second-order valence-electron chi connectivity index (χ2n) is 6.12. The molecule has 1 heterocycles. The van der Waals surface area contributed by atoms with E-state index in [9.17, 15) is 18.1 Å². The lowest BCUT2D eigenvalue weighted by Gasteiger charge is -2.12. The fourth-order valence-electron chi connectivity index (χ4n) is 2.65. The first-order chi connectivity index (χ1) is 14.4. The number of nitriles is 2. The van der Waals surface area contributed by atoms with E-state index in [-0.39, 0.29) is 22.0 Å². The van der Waals surface area contributed by atoms with Gasteiger partial charge in [0.2, 0.25) is 0 Å². The topological polar surface area (TPSA) is 116 Å². The predicted octanol–water partition coefficient (Wildman–Crippen LogP) is 4.12. The van der Waals surface area contributed by atoms with Crippen LogP contribution in [0.5, 0.6) is 11.5 Å². The van der Waals surface area contributed by atoms with E-state index in [0.29, 0.717) is 17.7 Å². The summed E-state index contributed by atoms with van der Waals surface area (Å²) in [5.41, 5.74) is 1.34. The zero-order chi connectivity index (χ0) is 21.7. The van der Waals surface area contributed by atoms with Crippen molar-refractivity contribution < 1.29 is 17.5 Å². The molecule has 0 amide bonds. The van der Waals surface area contributed by atoms with E-state index in [1.54, 1.807) is 18.2 Å². The van der Waals surface area contributed by atoms with E-state index in [4.69, 9.17) is 10.00 Å². The summed E-state index contributed by atoms with van der Waals surface area (Å²) in [5.74, 6) is -0.0603. The smallest absolute Gasteiger partial charge is 0.263 e. The molecule has 1 aromatic heterocycles. The van der Waals surface area contributed by atoms with Gasteiger partial charge in [0.15, 0.2) is 0 Å². The Hall–Kier alpha value is -3.95. The number of nitrogens with one attached hydrogen (secondary N) is 1. The molecule has 1 N–H and O–H groups in total. The van der Waals surface area contributed by atoms with Gasteiger partial charge in [-0.25, -0.2) is 17.8 Å². The van der Waals surface area contributed by atoms with Crippen LogP contribution in [-0.2, 0) is 16.4 Å². The summed E-state index contributed by atoms with van der Waals surface area (Å²) in [6.07, 6.45) is 1.52. The molecule has 0 unspecified atom stereocenters. The summed E-state index contributed by atoms with van der Waals surface area (Å²) < 4.78 is 46.0. The average molecular weight is 422 g/mol. The summed E-state index contributed by atoms with van der Waals surface area (Å²) in [5, 5.41) is 18.6. The number of hydrogen-bond donors (Lipinski definition) is 1. The molecule has 30 heavy (non-hydrogen) atoms. The zero-order valence-corrected chi connectivity index (χ0v) is 16.6. The van der Waals surface area contributed by atoms with E-state index >= 15 is 0 Å². The van der Waals surface area contributed by atoms with Crippen LogP contribution in [0.15, 0.2) is 59.6 Å². The molecule has 0 aliphatic rings. The SMILES string of the molecule is CCc1cc(Oc2ccc(S(=O)(=O)Nc3ccc(F)cn3)cc2C#N)ccc1C#N. The van der Waals surface area contributed by atoms with Crippen molar-refractivity contribution in [2.24, 2.45) is 0 Å². The third-order valence-corrected chi connectivity index (χ3v) is 5.51. The van der Waals surface area contributed by atoms with Gasteiger partial charge in [-0.2, -0.15) is 10.5 Å². The molecule has 0 aliphatic heterocycles. The number of anilines is 1. The van der Waals surface area contributed by atoms with Crippen molar-refractivity contribution in [3.05, 3.63) is 77.2 Å². The second-order valence-corrected chi connectivity index (χ2v) is 7.81. The minimum Gasteiger partial charge on any atom is -0.456 e. The molecule has 0 saturated carbocycles. The predicted molar refractivity (Wildman–Crippen MR) is 107 cm³/mol. The molecule has 0 aliphatic carbocycles. The Bertz CT molecular complexity index is 1280. The summed E-state index contributed by atoms with van der Waals surface area (Å²) in [4.78, 5) is 3.48. The van der Waals surface area contributed by atoms with Crippen molar-refractivity contribution in [1.82, 2.24) is 4.98 Å². The Labute approximate surface area is 173 Å². The number of aryl methyl sites for hydroxylation is 1. The van der Waals surface area contributed by atoms with Gasteiger partial charge in [0, 0.05) is 0 Å². The molecule has 3 rings (SSSR count). The highest BCUT2D eigenvalue weighted by atomic mass is 32.2. The van der Waals surface area contributed by atoms with E-state index in [0.717, 1.165) is 17.8 Å². The molecule has 0 saturated heterocycles. The van der Waals surface area contributed by atoms with Crippen molar-refractivity contribution in [2.45, 2.75) is 18.2 Å². The number of sulfonamides is 1. The Morgan fingerprint density at radius 3 is 2.47 bits per heavy atom. The van der Waals surface area contributed by atoms with Crippen LogP contribution in [-0.4, -0.2) is 13.4 Å². The van der Waals surface area contributed by atoms with E-state index in [1.807, 2.05) is 13.0 Å². The summed E-state index contributed by atoms with van der Waals surface area (Å²) in [7, 11) is -4.05. The molecule has 3 aromatic rings. The Kier molecular flexibility index (Phi) is 5.95. The highest BCUT2D eigenvalue weighted by Crippen LogP contribution is 2.29. The van der Waals surface area contributed by atoms with Gasteiger partial charge in [0.1, 0.15) is 29.2 Å². The van der Waals surface area contributed by atoms with E-state index in [2.05, 4.69) is 15.8 Å². The average Bonchev–Trinajstić information content (AvgIpc) is 2.75. The lowest BCUT2D eigenvalue weighted by molar-refractivity contribution is 0.480. The zero-order valence-electron chi connectivity index (χ0n) is 15.8. The van der Waals surface area contributed by atoms with E-state index in [1.165, 1.54) is 24.3 Å². The fraction of sp³-hybridized carbons (Fsp3) is 0.0952. The molecular formula is C21H15FN4O3S. The molecule has 0 radical (unpaired) electrons. The number of hydrogen-bond acceptors (Lipinski definition) is 6. The highest BCUT2D eigenvalue weighted by molar-refractivity contribution is 7.92. The van der Waals surface area contributed by atoms with Crippen LogP contribution in [0.1, 0.15) is 23.6 Å². The first-order valence-corrected chi connectivity index (χ1v) is 10.2. The summed E-state index contributed by atoms with van der Waals surface area (Å²) >= 11 is 0. The third-order valence-electron chi connectivity index (χ3n) is 4.15. The molecule has 0 fully saturated rings. The van der Waals surface area contributed by atoms with Crippen molar-refractivity contribution in [3.63, 3.8) is 0 Å². The highest BCUT2D eigenvalue weighted by Gasteiger charge is 2.18. The van der Waals surface area contributed by atoms with Crippen molar-refractivity contribution in [2.75, 3.05) is 4.72 Å². The molecule has 7 nitrogen and oxygen atoms in total. The van der Waals surface area contributed by atoms with Crippen LogP contribution in [0.3, 0.4) is 0 Å². The number of halogens is 1. The maximum atomic E-state index is 12.9. The molecule has 0 spiro atoms. The van der Waals surface area contributed by atoms with Crippen molar-refractivity contribution in [3.8, 4) is 23.6 Å². The lowest BCUT2D eigenvalue weighted by atomic mass is 10.1. The van der Waals surface area contributed by atoms with Gasteiger partial charge in [-0.3, -0.25) is 4.72 Å². The van der Waals surface area contributed by atoms with Crippen LogP contribution in [0, 0.1) is 28.5 Å². The molecule has 0 bridgehead atoms. The number of rotatable bonds is 6. The van der Waals surface area contributed by atoms with Gasteiger partial charge in [0.25, 0.3) is 10.0 Å². The van der Waals surface area contributed by atoms with Gasteiger partial charge in [-0.1, -0.05) is 6.92 Å². The minimum absolute atomic E-state index is 0.00680.